The smallest absolute Gasteiger partial charge is 0.490 e. The van der Waals surface area contributed by atoms with E-state index in [4.69, 9.17) is 28.4 Å². The van der Waals surface area contributed by atoms with Gasteiger partial charge in [-0.3, -0.25) is 0 Å². The molecule has 4 rings (SSSR count). The first-order valence-electron chi connectivity index (χ1n) is 10.2. The number of rotatable bonds is 6. The molecule has 0 bridgehead atoms. The van der Waals surface area contributed by atoms with Gasteiger partial charge in [0.25, 0.3) is 0 Å². The minimum absolute atomic E-state index is 0.0359. The fourth-order valence-electron chi connectivity index (χ4n) is 3.28. The maximum atomic E-state index is 12.5. The van der Waals surface area contributed by atoms with Gasteiger partial charge in [-0.15, -0.1) is 0 Å². The van der Waals surface area contributed by atoms with E-state index in [1.165, 1.54) is 14.2 Å². The molecule has 0 aromatic heterocycles. The average molecular weight is 460 g/mol. The van der Waals surface area contributed by atoms with Crippen molar-refractivity contribution in [2.75, 3.05) is 14.2 Å². The molecule has 0 heterocycles. The fraction of sp³-hybridized carbons (Fsp3) is 0.0769. The van der Waals surface area contributed by atoms with Crippen molar-refractivity contribution in [1.29, 1.82) is 0 Å². The molecule has 8 nitrogen and oxygen atoms in total. The highest BCUT2D eigenvalue weighted by Gasteiger charge is 2.27. The van der Waals surface area contributed by atoms with Gasteiger partial charge in [0.15, 0.2) is 11.5 Å². The Labute approximate surface area is 195 Å². The first kappa shape index (κ1) is 22.5. The summed E-state index contributed by atoms with van der Waals surface area (Å²) in [6, 6.07) is 23.8. The van der Waals surface area contributed by atoms with Crippen LogP contribution in [0.2, 0.25) is 0 Å². The van der Waals surface area contributed by atoms with Crippen LogP contribution in [0, 0.1) is 0 Å². The lowest BCUT2D eigenvalue weighted by molar-refractivity contribution is 0.147. The van der Waals surface area contributed by atoms with Gasteiger partial charge < -0.3 is 28.4 Å². The number of benzene rings is 4. The van der Waals surface area contributed by atoms with E-state index in [0.717, 1.165) is 0 Å². The number of carbonyl (C=O) groups is 2. The quantitative estimate of drug-likeness (QED) is 0.255. The van der Waals surface area contributed by atoms with Crippen molar-refractivity contribution in [3.63, 3.8) is 0 Å². The standard InChI is InChI=1S/C26H20O8/c1-29-23-21(33-25(27)31-17-11-5-3-6-12-17)19-15-9-10-16-20(19)22(24(23)30-2)34-26(28)32-18-13-7-4-8-14-18/h3-16H,1-2H3. The lowest BCUT2D eigenvalue weighted by atomic mass is 10.1. The van der Waals surface area contributed by atoms with Crippen molar-refractivity contribution in [3.8, 4) is 34.5 Å². The number of carbonyl (C=O) groups excluding carboxylic acids is 2. The molecule has 0 aliphatic heterocycles. The highest BCUT2D eigenvalue weighted by molar-refractivity contribution is 6.00. The maximum Gasteiger partial charge on any atom is 0.519 e. The SMILES string of the molecule is COc1c(OC)c(OC(=O)Oc2ccccc2)c2ccccc2c1OC(=O)Oc1ccccc1. The minimum atomic E-state index is -0.978. The Morgan fingerprint density at radius 2 is 0.824 bits per heavy atom. The van der Waals surface area contributed by atoms with Crippen LogP contribution in [0.4, 0.5) is 9.59 Å². The Kier molecular flexibility index (Phi) is 6.78. The molecule has 0 unspecified atom stereocenters. The second-order valence-electron chi connectivity index (χ2n) is 6.80. The molecule has 8 heteroatoms. The van der Waals surface area contributed by atoms with E-state index in [9.17, 15) is 9.59 Å². The largest absolute Gasteiger partial charge is 0.519 e. The molecule has 0 aliphatic rings. The van der Waals surface area contributed by atoms with E-state index in [0.29, 0.717) is 22.3 Å². The molecule has 0 aliphatic carbocycles. The topological polar surface area (TPSA) is 89.5 Å². The fourth-order valence-corrected chi connectivity index (χ4v) is 3.28. The van der Waals surface area contributed by atoms with E-state index >= 15 is 0 Å². The highest BCUT2D eigenvalue weighted by atomic mass is 16.7. The van der Waals surface area contributed by atoms with Gasteiger partial charge in [-0.05, 0) is 24.3 Å². The molecular formula is C26H20O8. The number of fused-ring (bicyclic) bond motifs is 1. The lowest BCUT2D eigenvalue weighted by Crippen LogP contribution is -2.16. The second kappa shape index (κ2) is 10.3. The van der Waals surface area contributed by atoms with Crippen LogP contribution in [-0.4, -0.2) is 26.5 Å². The summed E-state index contributed by atoms with van der Waals surface area (Å²) < 4.78 is 32.5. The van der Waals surface area contributed by atoms with Gasteiger partial charge in [0.2, 0.25) is 11.5 Å². The molecule has 0 saturated carbocycles. The number of ether oxygens (including phenoxy) is 6. The third kappa shape index (κ3) is 4.86. The number of para-hydroxylation sites is 2. The van der Waals surface area contributed by atoms with Crippen LogP contribution >= 0.6 is 0 Å². The molecule has 0 spiro atoms. The average Bonchev–Trinajstić information content (AvgIpc) is 2.86. The summed E-state index contributed by atoms with van der Waals surface area (Å²) in [6.45, 7) is 0. The van der Waals surface area contributed by atoms with Gasteiger partial charge in [0, 0.05) is 10.8 Å². The van der Waals surface area contributed by atoms with Crippen molar-refractivity contribution < 1.29 is 38.0 Å². The Morgan fingerprint density at radius 1 is 0.471 bits per heavy atom. The van der Waals surface area contributed by atoms with Crippen LogP contribution in [0.5, 0.6) is 34.5 Å². The van der Waals surface area contributed by atoms with E-state index in [1.54, 1.807) is 84.9 Å². The van der Waals surface area contributed by atoms with Gasteiger partial charge in [-0.25, -0.2) is 9.59 Å². The summed E-state index contributed by atoms with van der Waals surface area (Å²) >= 11 is 0. The van der Waals surface area contributed by atoms with Gasteiger partial charge in [0.05, 0.1) is 14.2 Å². The zero-order valence-electron chi connectivity index (χ0n) is 18.3. The first-order chi connectivity index (χ1) is 16.6. The molecule has 0 radical (unpaired) electrons. The van der Waals surface area contributed by atoms with Crippen LogP contribution < -0.4 is 28.4 Å². The van der Waals surface area contributed by atoms with Crippen molar-refractivity contribution in [2.45, 2.75) is 0 Å². The van der Waals surface area contributed by atoms with Gasteiger partial charge in [-0.1, -0.05) is 60.7 Å². The van der Waals surface area contributed by atoms with E-state index < -0.39 is 12.3 Å². The molecular weight excluding hydrogens is 440 g/mol. The number of hydrogen-bond acceptors (Lipinski definition) is 8. The molecule has 0 amide bonds. The summed E-state index contributed by atoms with van der Waals surface area (Å²) in [5.41, 5.74) is 0. The van der Waals surface area contributed by atoms with Crippen molar-refractivity contribution in [2.24, 2.45) is 0 Å². The highest BCUT2D eigenvalue weighted by Crippen LogP contribution is 2.51. The van der Waals surface area contributed by atoms with Crippen LogP contribution in [0.3, 0.4) is 0 Å². The maximum absolute atomic E-state index is 12.5. The summed E-state index contributed by atoms with van der Waals surface area (Å²) in [4.78, 5) is 25.0. The van der Waals surface area contributed by atoms with Gasteiger partial charge in [0.1, 0.15) is 11.5 Å². The second-order valence-corrected chi connectivity index (χ2v) is 6.80. The summed E-state index contributed by atoms with van der Waals surface area (Å²) in [5.74, 6) is 0.777. The molecule has 172 valence electrons. The van der Waals surface area contributed by atoms with Crippen molar-refractivity contribution >= 4 is 23.1 Å². The molecule has 0 N–H and O–H groups in total. The Balaban J connectivity index is 1.72. The molecule has 34 heavy (non-hydrogen) atoms. The third-order valence-electron chi connectivity index (χ3n) is 4.70. The zero-order chi connectivity index (χ0) is 23.9. The number of hydrogen-bond donors (Lipinski definition) is 0. The van der Waals surface area contributed by atoms with Crippen LogP contribution in [0.1, 0.15) is 0 Å². The monoisotopic (exact) mass is 460 g/mol. The molecule has 4 aromatic rings. The van der Waals surface area contributed by atoms with Crippen molar-refractivity contribution in [3.05, 3.63) is 84.9 Å². The lowest BCUT2D eigenvalue weighted by Gasteiger charge is -2.19. The zero-order valence-corrected chi connectivity index (χ0v) is 18.3. The summed E-state index contributed by atoms with van der Waals surface area (Å²) in [6.07, 6.45) is -1.96. The first-order valence-corrected chi connectivity index (χ1v) is 10.2. The van der Waals surface area contributed by atoms with E-state index in [2.05, 4.69) is 0 Å². The molecule has 0 atom stereocenters. The van der Waals surface area contributed by atoms with Crippen molar-refractivity contribution in [1.82, 2.24) is 0 Å². The van der Waals surface area contributed by atoms with E-state index in [1.807, 2.05) is 0 Å². The molecule has 0 saturated heterocycles. The predicted molar refractivity (Wildman–Crippen MR) is 123 cm³/mol. The van der Waals surface area contributed by atoms with Gasteiger partial charge in [-0.2, -0.15) is 0 Å². The Bertz CT molecular complexity index is 1200. The Morgan fingerprint density at radius 3 is 1.18 bits per heavy atom. The minimum Gasteiger partial charge on any atom is -0.490 e. The predicted octanol–water partition coefficient (Wildman–Crippen LogP) is 6.01. The van der Waals surface area contributed by atoms with Crippen LogP contribution in [-0.2, 0) is 0 Å². The Hall–Kier alpha value is -4.72. The number of methoxy groups -OCH3 is 2. The summed E-state index contributed by atoms with van der Waals surface area (Å²) in [5, 5.41) is 0.848. The molecule has 4 aromatic carbocycles. The molecule has 0 fully saturated rings. The van der Waals surface area contributed by atoms with E-state index in [-0.39, 0.29) is 23.0 Å². The van der Waals surface area contributed by atoms with Crippen LogP contribution in [0.25, 0.3) is 10.8 Å². The van der Waals surface area contributed by atoms with Gasteiger partial charge >= 0.3 is 12.3 Å². The normalized spacial score (nSPS) is 10.3. The third-order valence-corrected chi connectivity index (χ3v) is 4.70. The van der Waals surface area contributed by atoms with Crippen LogP contribution in [0.15, 0.2) is 84.9 Å². The summed E-state index contributed by atoms with van der Waals surface area (Å²) in [7, 11) is 2.74.